The number of alkyl halides is 2. The topological polar surface area (TPSA) is 67.6 Å². The molecule has 0 atom stereocenters. The monoisotopic (exact) mass is 239 g/mol. The molecule has 0 saturated carbocycles. The summed E-state index contributed by atoms with van der Waals surface area (Å²) in [5, 5.41) is 2.55. The largest absolute Gasteiger partial charge is 0.383 e. The molecule has 0 aromatic carbocycles. The first-order valence-electron chi connectivity index (χ1n) is 5.06. The van der Waals surface area contributed by atoms with Crippen molar-refractivity contribution >= 4 is 5.91 Å². The number of halogens is 2. The van der Waals surface area contributed by atoms with Crippen LogP contribution in [0.2, 0.25) is 0 Å². The van der Waals surface area contributed by atoms with Crippen LogP contribution in [0.5, 0.6) is 0 Å². The lowest BCUT2D eigenvalue weighted by Gasteiger charge is -2.20. The maximum Gasteiger partial charge on any atom is 0.251 e. The van der Waals surface area contributed by atoms with Gasteiger partial charge in [-0.3, -0.25) is 9.69 Å². The molecule has 0 rings (SSSR count). The van der Waals surface area contributed by atoms with E-state index in [1.54, 1.807) is 0 Å². The summed E-state index contributed by atoms with van der Waals surface area (Å²) in [6.45, 7) is 0.804. The maximum atomic E-state index is 12.1. The van der Waals surface area contributed by atoms with E-state index in [0.29, 0.717) is 13.2 Å². The van der Waals surface area contributed by atoms with Crippen molar-refractivity contribution in [2.45, 2.75) is 6.43 Å². The zero-order valence-corrected chi connectivity index (χ0v) is 9.42. The van der Waals surface area contributed by atoms with Gasteiger partial charge in [0.2, 0.25) is 5.91 Å². The van der Waals surface area contributed by atoms with Gasteiger partial charge in [0.15, 0.2) is 0 Å². The molecule has 0 aliphatic heterocycles. The molecule has 0 saturated heterocycles. The number of ether oxygens (including phenoxy) is 1. The van der Waals surface area contributed by atoms with Gasteiger partial charge in [-0.2, -0.15) is 0 Å². The van der Waals surface area contributed by atoms with Crippen LogP contribution in [0.3, 0.4) is 0 Å². The predicted molar refractivity (Wildman–Crippen MR) is 56.4 cm³/mol. The lowest BCUT2D eigenvalue weighted by molar-refractivity contribution is -0.122. The molecule has 0 spiro atoms. The number of nitrogens with one attached hydrogen (secondary N) is 1. The molecule has 0 aliphatic carbocycles. The van der Waals surface area contributed by atoms with Gasteiger partial charge in [-0.1, -0.05) is 0 Å². The Balaban J connectivity index is 3.83. The number of rotatable bonds is 9. The molecule has 5 nitrogen and oxygen atoms in total. The number of nitrogens with two attached hydrogens (primary N) is 1. The Morgan fingerprint density at radius 1 is 1.56 bits per heavy atom. The van der Waals surface area contributed by atoms with E-state index < -0.39 is 13.0 Å². The normalized spacial score (nSPS) is 11.1. The van der Waals surface area contributed by atoms with Gasteiger partial charge in [0.1, 0.15) is 0 Å². The Morgan fingerprint density at radius 2 is 2.25 bits per heavy atom. The molecule has 7 heteroatoms. The van der Waals surface area contributed by atoms with Crippen LogP contribution in [0.15, 0.2) is 0 Å². The van der Waals surface area contributed by atoms with Crippen molar-refractivity contribution in [3.05, 3.63) is 0 Å². The van der Waals surface area contributed by atoms with Crippen molar-refractivity contribution in [1.29, 1.82) is 0 Å². The first-order chi connectivity index (χ1) is 7.60. The molecule has 0 bridgehead atoms. The third-order valence-electron chi connectivity index (χ3n) is 1.84. The quantitative estimate of drug-likeness (QED) is 0.521. The number of carbonyl (C=O) groups excluding carboxylic acids is 1. The summed E-state index contributed by atoms with van der Waals surface area (Å²) in [5.41, 5.74) is 5.26. The van der Waals surface area contributed by atoms with Gasteiger partial charge in [0, 0.05) is 26.7 Å². The fourth-order valence-corrected chi connectivity index (χ4v) is 1.16. The van der Waals surface area contributed by atoms with Gasteiger partial charge in [0.25, 0.3) is 6.43 Å². The molecule has 0 aliphatic rings. The maximum absolute atomic E-state index is 12.1. The van der Waals surface area contributed by atoms with Gasteiger partial charge < -0.3 is 15.8 Å². The first-order valence-corrected chi connectivity index (χ1v) is 5.06. The van der Waals surface area contributed by atoms with Crippen molar-refractivity contribution in [3.63, 3.8) is 0 Å². The number of hydrogen-bond donors (Lipinski definition) is 2. The van der Waals surface area contributed by atoms with Crippen molar-refractivity contribution in [2.24, 2.45) is 5.73 Å². The molecule has 16 heavy (non-hydrogen) atoms. The van der Waals surface area contributed by atoms with E-state index in [1.807, 2.05) is 0 Å². The third kappa shape index (κ3) is 8.51. The Hall–Kier alpha value is -0.790. The summed E-state index contributed by atoms with van der Waals surface area (Å²) < 4.78 is 29.0. The van der Waals surface area contributed by atoms with Crippen LogP contribution in [-0.4, -0.2) is 63.7 Å². The van der Waals surface area contributed by atoms with Crippen LogP contribution >= 0.6 is 0 Å². The highest BCUT2D eigenvalue weighted by molar-refractivity contribution is 5.77. The number of amides is 1. The highest BCUT2D eigenvalue weighted by atomic mass is 19.3. The van der Waals surface area contributed by atoms with E-state index in [2.05, 4.69) is 5.32 Å². The van der Waals surface area contributed by atoms with Gasteiger partial charge in [0.05, 0.1) is 19.7 Å². The SMILES string of the molecule is COCCNC(=O)CN(CCN)CC(F)F. The van der Waals surface area contributed by atoms with E-state index in [4.69, 9.17) is 10.5 Å². The highest BCUT2D eigenvalue weighted by Gasteiger charge is 2.14. The highest BCUT2D eigenvalue weighted by Crippen LogP contribution is 1.97. The Labute approximate surface area is 93.9 Å². The van der Waals surface area contributed by atoms with Crippen LogP contribution in [0.4, 0.5) is 8.78 Å². The zero-order chi connectivity index (χ0) is 12.4. The van der Waals surface area contributed by atoms with E-state index in [1.165, 1.54) is 12.0 Å². The van der Waals surface area contributed by atoms with E-state index in [0.717, 1.165) is 0 Å². The Kier molecular flexibility index (Phi) is 8.97. The minimum Gasteiger partial charge on any atom is -0.383 e. The van der Waals surface area contributed by atoms with Crippen LogP contribution in [0, 0.1) is 0 Å². The second-order valence-electron chi connectivity index (χ2n) is 3.26. The number of carbonyl (C=O) groups is 1. The Morgan fingerprint density at radius 3 is 2.75 bits per heavy atom. The Bertz CT molecular complexity index is 194. The van der Waals surface area contributed by atoms with Crippen LogP contribution in [0.25, 0.3) is 0 Å². The molecule has 96 valence electrons. The number of methoxy groups -OCH3 is 1. The summed E-state index contributed by atoms with van der Waals surface area (Å²) in [6.07, 6.45) is -2.46. The molecule has 0 unspecified atom stereocenters. The molecule has 0 heterocycles. The summed E-state index contributed by atoms with van der Waals surface area (Å²) >= 11 is 0. The summed E-state index contributed by atoms with van der Waals surface area (Å²) in [4.78, 5) is 12.6. The van der Waals surface area contributed by atoms with E-state index in [9.17, 15) is 13.6 Å². The van der Waals surface area contributed by atoms with Crippen molar-refractivity contribution in [3.8, 4) is 0 Å². The van der Waals surface area contributed by atoms with Gasteiger partial charge >= 0.3 is 0 Å². The second-order valence-corrected chi connectivity index (χ2v) is 3.26. The molecular formula is C9H19F2N3O2. The van der Waals surface area contributed by atoms with E-state index >= 15 is 0 Å². The zero-order valence-electron chi connectivity index (χ0n) is 9.42. The molecule has 0 fully saturated rings. The lowest BCUT2D eigenvalue weighted by Crippen LogP contribution is -2.42. The van der Waals surface area contributed by atoms with Crippen molar-refractivity contribution < 1.29 is 18.3 Å². The molecule has 0 radical (unpaired) electrons. The fourth-order valence-electron chi connectivity index (χ4n) is 1.16. The van der Waals surface area contributed by atoms with Gasteiger partial charge in [-0.25, -0.2) is 8.78 Å². The smallest absolute Gasteiger partial charge is 0.251 e. The lowest BCUT2D eigenvalue weighted by atomic mass is 10.4. The van der Waals surface area contributed by atoms with Gasteiger partial charge in [-0.05, 0) is 0 Å². The van der Waals surface area contributed by atoms with Crippen LogP contribution < -0.4 is 11.1 Å². The summed E-state index contributed by atoms with van der Waals surface area (Å²) in [5.74, 6) is -0.300. The van der Waals surface area contributed by atoms with E-state index in [-0.39, 0.29) is 25.5 Å². The average molecular weight is 239 g/mol. The average Bonchev–Trinajstić information content (AvgIpc) is 2.17. The number of hydrogen-bond acceptors (Lipinski definition) is 4. The molecule has 1 amide bonds. The molecule has 0 aromatic heterocycles. The summed E-state index contributed by atoms with van der Waals surface area (Å²) in [7, 11) is 1.52. The minimum absolute atomic E-state index is 0.0642. The van der Waals surface area contributed by atoms with Crippen molar-refractivity contribution in [2.75, 3.05) is 46.4 Å². The predicted octanol–water partition coefficient (Wildman–Crippen LogP) is -0.725. The minimum atomic E-state index is -2.46. The number of nitrogens with zero attached hydrogens (tertiary/aromatic N) is 1. The molecular weight excluding hydrogens is 220 g/mol. The fraction of sp³-hybridized carbons (Fsp3) is 0.889. The van der Waals surface area contributed by atoms with Crippen LogP contribution in [0.1, 0.15) is 0 Å². The second kappa shape index (κ2) is 9.44. The van der Waals surface area contributed by atoms with Gasteiger partial charge in [-0.15, -0.1) is 0 Å². The van der Waals surface area contributed by atoms with Crippen molar-refractivity contribution in [1.82, 2.24) is 10.2 Å². The molecule has 0 aromatic rings. The standard InChI is InChI=1S/C9H19F2N3O2/c1-16-5-3-13-9(15)7-14(4-2-12)6-8(10)11/h8H,2-7,12H2,1H3,(H,13,15). The van der Waals surface area contributed by atoms with Crippen LogP contribution in [-0.2, 0) is 9.53 Å². The first kappa shape index (κ1) is 15.2. The summed E-state index contributed by atoms with van der Waals surface area (Å²) in [6, 6.07) is 0. The third-order valence-corrected chi connectivity index (χ3v) is 1.84. The molecule has 3 N–H and O–H groups in total.